The van der Waals surface area contributed by atoms with Gasteiger partial charge in [-0.05, 0) is 37.6 Å². The van der Waals surface area contributed by atoms with Crippen LogP contribution in [0, 0.1) is 19.7 Å². The lowest BCUT2D eigenvalue weighted by atomic mass is 10.1. The van der Waals surface area contributed by atoms with Crippen molar-refractivity contribution >= 4 is 17.5 Å². The van der Waals surface area contributed by atoms with Crippen LogP contribution in [-0.4, -0.2) is 9.97 Å². The smallest absolute Gasteiger partial charge is 0.220 e. The second-order valence-electron chi connectivity index (χ2n) is 3.83. The molecule has 3 nitrogen and oxygen atoms in total. The van der Waals surface area contributed by atoms with Crippen LogP contribution in [0.5, 0.6) is 0 Å². The van der Waals surface area contributed by atoms with E-state index in [4.69, 9.17) is 17.3 Å². The van der Waals surface area contributed by atoms with Gasteiger partial charge in [0.2, 0.25) is 5.95 Å². The maximum atomic E-state index is 13.5. The summed E-state index contributed by atoms with van der Waals surface area (Å²) in [4.78, 5) is 8.01. The molecule has 5 heteroatoms. The molecule has 0 saturated heterocycles. The summed E-state index contributed by atoms with van der Waals surface area (Å²) in [7, 11) is 0. The first-order valence-electron chi connectivity index (χ1n) is 5.04. The molecule has 2 N–H and O–H groups in total. The first-order chi connectivity index (χ1) is 7.97. The monoisotopic (exact) mass is 251 g/mol. The van der Waals surface area contributed by atoms with E-state index in [0.717, 1.165) is 0 Å². The highest BCUT2D eigenvalue weighted by molar-refractivity contribution is 6.33. The van der Waals surface area contributed by atoms with Gasteiger partial charge in [-0.1, -0.05) is 11.6 Å². The normalized spacial score (nSPS) is 10.6. The summed E-state index contributed by atoms with van der Waals surface area (Å²) < 4.78 is 13.5. The number of nitrogens with two attached hydrogens (primary N) is 1. The zero-order valence-corrected chi connectivity index (χ0v) is 10.2. The standard InChI is InChI=1S/C12H11ClFN3/c1-6-3-9(13)8(5-10(6)14)11-4-7(2)16-12(15)17-11/h3-5H,1-2H3,(H2,15,16,17). The van der Waals surface area contributed by atoms with Crippen LogP contribution < -0.4 is 5.73 Å². The van der Waals surface area contributed by atoms with Gasteiger partial charge in [-0.2, -0.15) is 0 Å². The Bertz CT molecular complexity index is 564. The number of hydrogen-bond donors (Lipinski definition) is 1. The van der Waals surface area contributed by atoms with E-state index >= 15 is 0 Å². The number of rotatable bonds is 1. The van der Waals surface area contributed by atoms with Crippen LogP contribution in [-0.2, 0) is 0 Å². The molecule has 88 valence electrons. The van der Waals surface area contributed by atoms with E-state index in [2.05, 4.69) is 9.97 Å². The number of benzene rings is 1. The topological polar surface area (TPSA) is 51.8 Å². The number of aromatic nitrogens is 2. The second kappa shape index (κ2) is 4.30. The zero-order chi connectivity index (χ0) is 12.6. The quantitative estimate of drug-likeness (QED) is 0.847. The number of nitrogens with zero attached hydrogens (tertiary/aromatic N) is 2. The highest BCUT2D eigenvalue weighted by Crippen LogP contribution is 2.29. The van der Waals surface area contributed by atoms with Crippen LogP contribution in [0.1, 0.15) is 11.3 Å². The van der Waals surface area contributed by atoms with Crippen LogP contribution in [0.15, 0.2) is 18.2 Å². The zero-order valence-electron chi connectivity index (χ0n) is 9.46. The van der Waals surface area contributed by atoms with Gasteiger partial charge in [0.1, 0.15) is 5.82 Å². The highest BCUT2D eigenvalue weighted by atomic mass is 35.5. The van der Waals surface area contributed by atoms with Gasteiger partial charge in [0.05, 0.1) is 10.7 Å². The van der Waals surface area contributed by atoms with Gasteiger partial charge in [0.25, 0.3) is 0 Å². The average Bonchev–Trinajstić information content (AvgIpc) is 2.22. The van der Waals surface area contributed by atoms with E-state index in [1.54, 1.807) is 26.0 Å². The average molecular weight is 252 g/mol. The Balaban J connectivity index is 2.64. The molecule has 0 radical (unpaired) electrons. The third-order valence-electron chi connectivity index (χ3n) is 2.40. The van der Waals surface area contributed by atoms with Crippen molar-refractivity contribution in [2.24, 2.45) is 0 Å². The molecule has 0 aliphatic rings. The fraction of sp³-hybridized carbons (Fsp3) is 0.167. The molecule has 0 amide bonds. The summed E-state index contributed by atoms with van der Waals surface area (Å²) in [6.07, 6.45) is 0. The fourth-order valence-electron chi connectivity index (χ4n) is 1.57. The van der Waals surface area contributed by atoms with Crippen LogP contribution in [0.2, 0.25) is 5.02 Å². The van der Waals surface area contributed by atoms with Crippen LogP contribution in [0.25, 0.3) is 11.3 Å². The molecule has 1 heterocycles. The van der Waals surface area contributed by atoms with Crippen LogP contribution >= 0.6 is 11.6 Å². The predicted molar refractivity (Wildman–Crippen MR) is 66.3 cm³/mol. The summed E-state index contributed by atoms with van der Waals surface area (Å²) in [6.45, 7) is 3.45. The second-order valence-corrected chi connectivity index (χ2v) is 4.24. The largest absolute Gasteiger partial charge is 0.368 e. The number of halogens is 2. The third kappa shape index (κ3) is 2.36. The van der Waals surface area contributed by atoms with Crippen LogP contribution in [0.4, 0.5) is 10.3 Å². The lowest BCUT2D eigenvalue weighted by Crippen LogP contribution is -1.99. The Kier molecular flexibility index (Phi) is 2.98. The van der Waals surface area contributed by atoms with Gasteiger partial charge >= 0.3 is 0 Å². The number of nitrogen functional groups attached to an aromatic ring is 1. The lowest BCUT2D eigenvalue weighted by molar-refractivity contribution is 0.619. The third-order valence-corrected chi connectivity index (χ3v) is 2.71. The summed E-state index contributed by atoms with van der Waals surface area (Å²) in [5.74, 6) is -0.170. The van der Waals surface area contributed by atoms with Gasteiger partial charge < -0.3 is 5.73 Å². The van der Waals surface area contributed by atoms with E-state index in [1.165, 1.54) is 6.07 Å². The van der Waals surface area contributed by atoms with Crippen molar-refractivity contribution in [3.8, 4) is 11.3 Å². The Labute approximate surface area is 103 Å². The molecule has 0 aliphatic carbocycles. The molecule has 0 saturated carbocycles. The molecule has 0 atom stereocenters. The highest BCUT2D eigenvalue weighted by Gasteiger charge is 2.10. The molecule has 0 unspecified atom stereocenters. The maximum absolute atomic E-state index is 13.5. The molecule has 0 fully saturated rings. The molecule has 0 bridgehead atoms. The predicted octanol–water partition coefficient (Wildman–Crippen LogP) is 3.14. The van der Waals surface area contributed by atoms with Gasteiger partial charge in [-0.15, -0.1) is 0 Å². The van der Waals surface area contributed by atoms with Crippen molar-refractivity contribution in [1.82, 2.24) is 9.97 Å². The fourth-order valence-corrected chi connectivity index (χ4v) is 1.89. The minimum atomic E-state index is -0.320. The van der Waals surface area contributed by atoms with Crippen molar-refractivity contribution in [3.63, 3.8) is 0 Å². The van der Waals surface area contributed by atoms with E-state index in [-0.39, 0.29) is 11.8 Å². The molecular weight excluding hydrogens is 241 g/mol. The van der Waals surface area contributed by atoms with Gasteiger partial charge in [-0.25, -0.2) is 14.4 Å². The number of hydrogen-bond acceptors (Lipinski definition) is 3. The van der Waals surface area contributed by atoms with E-state index < -0.39 is 0 Å². The van der Waals surface area contributed by atoms with E-state index in [9.17, 15) is 4.39 Å². The summed E-state index contributed by atoms with van der Waals surface area (Å²) in [5.41, 5.74) is 7.81. The maximum Gasteiger partial charge on any atom is 0.220 e. The molecule has 0 aliphatic heterocycles. The van der Waals surface area contributed by atoms with Crippen molar-refractivity contribution in [2.45, 2.75) is 13.8 Å². The molecule has 1 aromatic heterocycles. The van der Waals surface area contributed by atoms with Crippen molar-refractivity contribution < 1.29 is 4.39 Å². The van der Waals surface area contributed by atoms with Gasteiger partial charge in [0.15, 0.2) is 0 Å². The molecule has 17 heavy (non-hydrogen) atoms. The minimum Gasteiger partial charge on any atom is -0.368 e. The Morgan fingerprint density at radius 3 is 2.53 bits per heavy atom. The summed E-state index contributed by atoms with van der Waals surface area (Å²) >= 11 is 6.07. The molecule has 0 spiro atoms. The summed E-state index contributed by atoms with van der Waals surface area (Å²) in [6, 6.07) is 4.64. The number of aryl methyl sites for hydroxylation is 2. The van der Waals surface area contributed by atoms with E-state index in [0.29, 0.717) is 27.5 Å². The molecule has 1 aromatic carbocycles. The van der Waals surface area contributed by atoms with E-state index in [1.807, 2.05) is 0 Å². The Morgan fingerprint density at radius 1 is 1.18 bits per heavy atom. The Morgan fingerprint density at radius 2 is 1.88 bits per heavy atom. The lowest BCUT2D eigenvalue weighted by Gasteiger charge is -2.07. The number of anilines is 1. The van der Waals surface area contributed by atoms with Crippen molar-refractivity contribution in [1.29, 1.82) is 0 Å². The van der Waals surface area contributed by atoms with Crippen molar-refractivity contribution in [2.75, 3.05) is 5.73 Å². The molecular formula is C12H11ClFN3. The van der Waals surface area contributed by atoms with Crippen molar-refractivity contribution in [3.05, 3.63) is 40.3 Å². The summed E-state index contributed by atoms with van der Waals surface area (Å²) in [5, 5.41) is 0.446. The minimum absolute atomic E-state index is 0.150. The molecule has 2 rings (SSSR count). The molecule has 2 aromatic rings. The van der Waals surface area contributed by atoms with Gasteiger partial charge in [-0.3, -0.25) is 0 Å². The Hall–Kier alpha value is -1.68. The van der Waals surface area contributed by atoms with Gasteiger partial charge in [0, 0.05) is 11.3 Å². The SMILES string of the molecule is Cc1cc(-c2cc(F)c(C)cc2Cl)nc(N)n1. The first-order valence-corrected chi connectivity index (χ1v) is 5.42. The van der Waals surface area contributed by atoms with Crippen LogP contribution in [0.3, 0.4) is 0 Å². The first kappa shape index (κ1) is 11.8.